The summed E-state index contributed by atoms with van der Waals surface area (Å²) in [5.74, 6) is -0.302. The number of hydrogen-bond acceptors (Lipinski definition) is 4. The summed E-state index contributed by atoms with van der Waals surface area (Å²) in [5.41, 5.74) is 4.09. The zero-order valence-corrected chi connectivity index (χ0v) is 18.0. The fraction of sp³-hybridized carbons (Fsp3) is 0.286. The first-order chi connectivity index (χ1) is 13.2. The van der Waals surface area contributed by atoms with E-state index in [2.05, 4.69) is 9.71 Å². The molecule has 0 atom stereocenters. The summed E-state index contributed by atoms with van der Waals surface area (Å²) in [6, 6.07) is 10.1. The lowest BCUT2D eigenvalue weighted by atomic mass is 10.1. The third-order valence-corrected chi connectivity index (χ3v) is 7.51. The van der Waals surface area contributed by atoms with Crippen molar-refractivity contribution in [3.8, 4) is 10.6 Å². The van der Waals surface area contributed by atoms with Crippen molar-refractivity contribution in [1.82, 2.24) is 9.71 Å². The fourth-order valence-electron chi connectivity index (χ4n) is 3.37. The van der Waals surface area contributed by atoms with Gasteiger partial charge in [0.25, 0.3) is 0 Å². The highest BCUT2D eigenvalue weighted by atomic mass is 32.2. The Morgan fingerprint density at radius 3 is 2.39 bits per heavy atom. The summed E-state index contributed by atoms with van der Waals surface area (Å²) < 4.78 is 41.7. The van der Waals surface area contributed by atoms with Crippen LogP contribution in [0.4, 0.5) is 4.39 Å². The lowest BCUT2D eigenvalue weighted by Crippen LogP contribution is -2.27. The highest BCUT2D eigenvalue weighted by Crippen LogP contribution is 2.28. The molecule has 0 aliphatic heterocycles. The van der Waals surface area contributed by atoms with E-state index in [9.17, 15) is 12.8 Å². The van der Waals surface area contributed by atoms with Crippen LogP contribution in [-0.2, 0) is 16.4 Å². The largest absolute Gasteiger partial charge is 0.241 e. The molecule has 1 N–H and O–H groups in total. The lowest BCUT2D eigenvalue weighted by Gasteiger charge is -2.13. The minimum atomic E-state index is -3.59. The summed E-state index contributed by atoms with van der Waals surface area (Å²) in [5, 5.41) is 0.736. The number of hydrogen-bond donors (Lipinski definition) is 1. The van der Waals surface area contributed by atoms with Crippen molar-refractivity contribution in [2.45, 2.75) is 39.0 Å². The Hall–Kier alpha value is -2.09. The molecule has 0 saturated heterocycles. The molecule has 0 bridgehead atoms. The molecule has 0 radical (unpaired) electrons. The molecule has 1 heterocycles. The number of benzene rings is 2. The van der Waals surface area contributed by atoms with Gasteiger partial charge in [0.15, 0.2) is 0 Å². The molecule has 0 amide bonds. The molecular weight excluding hydrogens is 395 g/mol. The zero-order valence-electron chi connectivity index (χ0n) is 16.3. The quantitative estimate of drug-likeness (QED) is 0.631. The Labute approximate surface area is 169 Å². The van der Waals surface area contributed by atoms with Gasteiger partial charge in [0.1, 0.15) is 10.8 Å². The van der Waals surface area contributed by atoms with E-state index in [1.54, 1.807) is 6.07 Å². The Bertz CT molecular complexity index is 1100. The van der Waals surface area contributed by atoms with Gasteiger partial charge in [-0.15, -0.1) is 11.3 Å². The molecule has 0 unspecified atom stereocenters. The Balaban J connectivity index is 1.73. The summed E-state index contributed by atoms with van der Waals surface area (Å²) in [4.78, 5) is 5.84. The topological polar surface area (TPSA) is 59.1 Å². The highest BCUT2D eigenvalue weighted by molar-refractivity contribution is 7.89. The first kappa shape index (κ1) is 20.6. The maximum atomic E-state index is 13.4. The van der Waals surface area contributed by atoms with Gasteiger partial charge in [-0.05, 0) is 57.4 Å². The fourth-order valence-corrected chi connectivity index (χ4v) is 5.91. The molecule has 148 valence electrons. The zero-order chi connectivity index (χ0) is 20.5. The molecule has 3 aromatic rings. The van der Waals surface area contributed by atoms with Gasteiger partial charge in [0.2, 0.25) is 10.0 Å². The molecule has 0 fully saturated rings. The Morgan fingerprint density at radius 2 is 1.75 bits per heavy atom. The number of aryl methyl sites for hydroxylation is 4. The summed E-state index contributed by atoms with van der Waals surface area (Å²) in [6.45, 7) is 7.74. The molecule has 4 nitrogen and oxygen atoms in total. The van der Waals surface area contributed by atoms with Crippen molar-refractivity contribution in [2.75, 3.05) is 6.54 Å². The average Bonchev–Trinajstić information content (AvgIpc) is 2.94. The van der Waals surface area contributed by atoms with Crippen molar-refractivity contribution in [3.05, 3.63) is 69.5 Å². The number of sulfonamides is 1. The third kappa shape index (κ3) is 4.48. The van der Waals surface area contributed by atoms with E-state index >= 15 is 0 Å². The predicted molar refractivity (Wildman–Crippen MR) is 112 cm³/mol. The number of halogens is 1. The third-order valence-electron chi connectivity index (χ3n) is 4.48. The van der Waals surface area contributed by atoms with E-state index in [1.165, 1.54) is 23.5 Å². The van der Waals surface area contributed by atoms with Crippen LogP contribution >= 0.6 is 11.3 Å². The summed E-state index contributed by atoms with van der Waals surface area (Å²) >= 11 is 1.46. The van der Waals surface area contributed by atoms with Gasteiger partial charge in [-0.3, -0.25) is 0 Å². The summed E-state index contributed by atoms with van der Waals surface area (Å²) in [7, 11) is -3.59. The van der Waals surface area contributed by atoms with Crippen molar-refractivity contribution in [2.24, 2.45) is 0 Å². The van der Waals surface area contributed by atoms with Gasteiger partial charge in [0.05, 0.1) is 10.6 Å². The van der Waals surface area contributed by atoms with E-state index in [0.29, 0.717) is 11.3 Å². The van der Waals surface area contributed by atoms with Crippen LogP contribution in [0.5, 0.6) is 0 Å². The van der Waals surface area contributed by atoms with Crippen LogP contribution in [0.15, 0.2) is 41.3 Å². The van der Waals surface area contributed by atoms with Gasteiger partial charge in [-0.1, -0.05) is 29.8 Å². The number of rotatable bonds is 6. The van der Waals surface area contributed by atoms with Crippen molar-refractivity contribution in [1.29, 1.82) is 0 Å². The minimum absolute atomic E-state index is 0.278. The van der Waals surface area contributed by atoms with E-state index in [1.807, 2.05) is 45.9 Å². The lowest BCUT2D eigenvalue weighted by molar-refractivity contribution is 0.580. The van der Waals surface area contributed by atoms with Gasteiger partial charge < -0.3 is 0 Å². The first-order valence-electron chi connectivity index (χ1n) is 8.97. The van der Waals surface area contributed by atoms with Crippen molar-refractivity contribution < 1.29 is 12.8 Å². The second kappa shape index (κ2) is 8.11. The monoisotopic (exact) mass is 418 g/mol. The molecule has 2 aromatic carbocycles. The van der Waals surface area contributed by atoms with Crippen molar-refractivity contribution in [3.63, 3.8) is 0 Å². The smallest absolute Gasteiger partial charge is 0.241 e. The molecular formula is C21H23FN2O2S2. The second-order valence-corrected chi connectivity index (χ2v) is 9.70. The normalized spacial score (nSPS) is 11.8. The molecule has 3 rings (SSSR count). The molecule has 7 heteroatoms. The van der Waals surface area contributed by atoms with E-state index in [-0.39, 0.29) is 12.4 Å². The SMILES string of the molecule is Cc1cc(C)c(S(=O)(=O)NCCc2sc(-c3cccc(F)c3)nc2C)c(C)c1. The van der Waals surface area contributed by atoms with E-state index < -0.39 is 10.0 Å². The van der Waals surface area contributed by atoms with Gasteiger partial charge >= 0.3 is 0 Å². The van der Waals surface area contributed by atoms with Crippen LogP contribution in [0, 0.1) is 33.5 Å². The number of aromatic nitrogens is 1. The number of nitrogens with one attached hydrogen (secondary N) is 1. The highest BCUT2D eigenvalue weighted by Gasteiger charge is 2.20. The molecule has 0 saturated carbocycles. The van der Waals surface area contributed by atoms with Gasteiger partial charge in [-0.25, -0.2) is 22.5 Å². The maximum Gasteiger partial charge on any atom is 0.241 e. The Morgan fingerprint density at radius 1 is 1.07 bits per heavy atom. The van der Waals surface area contributed by atoms with Gasteiger partial charge in [0, 0.05) is 17.0 Å². The molecule has 1 aromatic heterocycles. The van der Waals surface area contributed by atoms with Crippen LogP contribution in [0.3, 0.4) is 0 Å². The number of nitrogens with zero attached hydrogens (tertiary/aromatic N) is 1. The van der Waals surface area contributed by atoms with E-state index in [4.69, 9.17) is 0 Å². The molecule has 28 heavy (non-hydrogen) atoms. The minimum Gasteiger partial charge on any atom is -0.241 e. The summed E-state index contributed by atoms with van der Waals surface area (Å²) in [6.07, 6.45) is 0.530. The van der Waals surface area contributed by atoms with E-state index in [0.717, 1.165) is 37.8 Å². The second-order valence-electron chi connectivity index (χ2n) is 6.91. The maximum absolute atomic E-state index is 13.4. The Kier molecular flexibility index (Phi) is 5.98. The van der Waals surface area contributed by atoms with Crippen LogP contribution < -0.4 is 4.72 Å². The number of thiazole rings is 1. The molecule has 0 aliphatic rings. The van der Waals surface area contributed by atoms with Crippen molar-refractivity contribution >= 4 is 21.4 Å². The van der Waals surface area contributed by atoms with Crippen LogP contribution in [-0.4, -0.2) is 19.9 Å². The molecule has 0 spiro atoms. The van der Waals surface area contributed by atoms with Crippen LogP contribution in [0.2, 0.25) is 0 Å². The van der Waals surface area contributed by atoms with Gasteiger partial charge in [-0.2, -0.15) is 0 Å². The van der Waals surface area contributed by atoms with Crippen LogP contribution in [0.1, 0.15) is 27.3 Å². The van der Waals surface area contributed by atoms with Crippen LogP contribution in [0.25, 0.3) is 10.6 Å². The molecule has 0 aliphatic carbocycles. The standard InChI is InChI=1S/C21H23FN2O2S2/c1-13-10-14(2)20(15(3)11-13)28(25,26)23-9-8-19-16(4)24-21(27-19)17-6-5-7-18(22)12-17/h5-7,10-12,23H,8-9H2,1-4H3. The average molecular weight is 419 g/mol. The predicted octanol–water partition coefficient (Wildman–Crippen LogP) is 4.70. The first-order valence-corrected chi connectivity index (χ1v) is 11.3.